The molecule has 1 unspecified atom stereocenters. The first-order valence-electron chi connectivity index (χ1n) is 9.93. The van der Waals surface area contributed by atoms with Gasteiger partial charge in [0.25, 0.3) is 0 Å². The number of fused-ring (bicyclic) bond motifs is 2. The Morgan fingerprint density at radius 2 is 1.77 bits per heavy atom. The third-order valence-corrected chi connectivity index (χ3v) is 5.91. The molecule has 7 heteroatoms. The summed E-state index contributed by atoms with van der Waals surface area (Å²) in [6.07, 6.45) is 2.32. The highest BCUT2D eigenvalue weighted by Gasteiger charge is 2.25. The van der Waals surface area contributed by atoms with E-state index >= 15 is 0 Å². The van der Waals surface area contributed by atoms with E-state index in [4.69, 9.17) is 19.8 Å². The summed E-state index contributed by atoms with van der Waals surface area (Å²) < 4.78 is 0. The normalized spacial score (nSPS) is 14.8. The molecule has 0 saturated carbocycles. The first kappa shape index (κ1) is 23.8. The van der Waals surface area contributed by atoms with Crippen molar-refractivity contribution in [2.24, 2.45) is 0 Å². The van der Waals surface area contributed by atoms with Gasteiger partial charge in [0.1, 0.15) is 0 Å². The van der Waals surface area contributed by atoms with Gasteiger partial charge in [-0.15, -0.1) is 11.8 Å². The molecule has 0 radical (unpaired) electrons. The molecule has 0 spiro atoms. The fourth-order valence-corrected chi connectivity index (χ4v) is 4.32. The first-order chi connectivity index (χ1) is 14.2. The van der Waals surface area contributed by atoms with Crippen LogP contribution < -0.4 is 4.90 Å². The molecule has 0 fully saturated rings. The quantitative estimate of drug-likeness (QED) is 0.540. The number of carboxylic acids is 2. The minimum atomic E-state index is -1.82. The summed E-state index contributed by atoms with van der Waals surface area (Å²) >= 11 is 1.94. The van der Waals surface area contributed by atoms with Crippen molar-refractivity contribution in [3.8, 4) is 0 Å². The molecule has 2 N–H and O–H groups in total. The number of hydrogen-bond acceptors (Lipinski definition) is 5. The van der Waals surface area contributed by atoms with E-state index in [1.807, 2.05) is 11.8 Å². The van der Waals surface area contributed by atoms with Crippen LogP contribution in [0, 0.1) is 0 Å². The number of carbonyl (C=O) groups is 2. The second kappa shape index (κ2) is 11.0. The highest BCUT2D eigenvalue weighted by atomic mass is 32.2. The Labute approximate surface area is 182 Å². The van der Waals surface area contributed by atoms with Gasteiger partial charge < -0.3 is 20.0 Å². The maximum absolute atomic E-state index is 9.10. The van der Waals surface area contributed by atoms with Crippen LogP contribution in [0.4, 0.5) is 11.4 Å². The molecule has 0 bridgehead atoms. The Hall–Kier alpha value is -2.51. The summed E-state index contributed by atoms with van der Waals surface area (Å²) in [4.78, 5) is 24.3. The predicted molar refractivity (Wildman–Crippen MR) is 122 cm³/mol. The summed E-state index contributed by atoms with van der Waals surface area (Å²) in [5, 5.41) is 14.8. The van der Waals surface area contributed by atoms with Gasteiger partial charge in [-0.25, -0.2) is 9.59 Å². The van der Waals surface area contributed by atoms with Gasteiger partial charge in [-0.3, -0.25) is 0 Å². The molecule has 0 saturated heterocycles. The number of rotatable bonds is 5. The minimum Gasteiger partial charge on any atom is -0.473 e. The monoisotopic (exact) mass is 430 g/mol. The van der Waals surface area contributed by atoms with E-state index < -0.39 is 11.9 Å². The number of para-hydroxylation sites is 1. The molecule has 0 amide bonds. The van der Waals surface area contributed by atoms with Crippen LogP contribution in [0.3, 0.4) is 0 Å². The molecule has 1 atom stereocenters. The number of nitrogens with zero attached hydrogens (tertiary/aromatic N) is 2. The highest BCUT2D eigenvalue weighted by Crippen LogP contribution is 2.42. The number of hydrogen-bond donors (Lipinski definition) is 2. The minimum absolute atomic E-state index is 0.575. The van der Waals surface area contributed by atoms with Crippen molar-refractivity contribution in [2.45, 2.75) is 30.6 Å². The van der Waals surface area contributed by atoms with Crippen LogP contribution in [0.25, 0.3) is 0 Å². The summed E-state index contributed by atoms with van der Waals surface area (Å²) in [6.45, 7) is 3.35. The lowest BCUT2D eigenvalue weighted by molar-refractivity contribution is -0.159. The van der Waals surface area contributed by atoms with Gasteiger partial charge in [-0.1, -0.05) is 25.1 Å². The molecule has 162 valence electrons. The van der Waals surface area contributed by atoms with E-state index in [9.17, 15) is 0 Å². The van der Waals surface area contributed by atoms with Gasteiger partial charge in [0.05, 0.1) is 0 Å². The molecular formula is C23H30N2O4S. The van der Waals surface area contributed by atoms with Gasteiger partial charge in [0.2, 0.25) is 0 Å². The van der Waals surface area contributed by atoms with Crippen molar-refractivity contribution in [2.75, 3.05) is 38.3 Å². The van der Waals surface area contributed by atoms with Gasteiger partial charge in [0.15, 0.2) is 0 Å². The Bertz CT molecular complexity index is 873. The molecule has 0 aromatic heterocycles. The lowest BCUT2D eigenvalue weighted by atomic mass is 9.89. The molecular weight excluding hydrogens is 400 g/mol. The maximum Gasteiger partial charge on any atom is 0.414 e. The second-order valence-corrected chi connectivity index (χ2v) is 8.78. The lowest BCUT2D eigenvalue weighted by Gasteiger charge is -2.24. The zero-order valence-corrected chi connectivity index (χ0v) is 18.8. The van der Waals surface area contributed by atoms with Gasteiger partial charge in [0, 0.05) is 23.3 Å². The SMILES string of the molecule is CCSc1ccc2c(c1)C(CCN(C)C)Cc1ccccc1N2C.O=C(O)C(=O)O. The fraction of sp³-hybridized carbons (Fsp3) is 0.391. The first-order valence-corrected chi connectivity index (χ1v) is 10.9. The molecule has 3 rings (SSSR count). The molecule has 2 aromatic rings. The molecule has 0 aliphatic carbocycles. The maximum atomic E-state index is 9.10. The number of aliphatic carboxylic acids is 2. The third kappa shape index (κ3) is 6.24. The van der Waals surface area contributed by atoms with Crippen LogP contribution in [0.2, 0.25) is 0 Å². The Kier molecular flexibility index (Phi) is 8.74. The van der Waals surface area contributed by atoms with Crippen LogP contribution >= 0.6 is 11.8 Å². The largest absolute Gasteiger partial charge is 0.473 e. The van der Waals surface area contributed by atoms with Crippen molar-refractivity contribution >= 4 is 35.1 Å². The fourth-order valence-electron chi connectivity index (χ4n) is 3.61. The standard InChI is InChI=1S/C21H28N2S.C2H2O4/c1-5-24-18-10-11-21-19(15-18)16(12-13-22(2)3)14-17-8-6-7-9-20(17)23(21)4;3-1(4)2(5)6/h6-11,15-16H,5,12-14H2,1-4H3;(H,3,4)(H,5,6). The van der Waals surface area contributed by atoms with E-state index in [-0.39, 0.29) is 0 Å². The molecule has 1 aliphatic heterocycles. The molecule has 30 heavy (non-hydrogen) atoms. The van der Waals surface area contributed by atoms with Crippen molar-refractivity contribution in [3.63, 3.8) is 0 Å². The lowest BCUT2D eigenvalue weighted by Crippen LogP contribution is -2.17. The Balaban J connectivity index is 0.000000469. The summed E-state index contributed by atoms with van der Waals surface area (Å²) in [6, 6.07) is 15.9. The van der Waals surface area contributed by atoms with E-state index in [2.05, 4.69) is 80.3 Å². The van der Waals surface area contributed by atoms with Crippen LogP contribution in [-0.2, 0) is 16.0 Å². The van der Waals surface area contributed by atoms with Crippen molar-refractivity contribution < 1.29 is 19.8 Å². The van der Waals surface area contributed by atoms with Crippen LogP contribution in [0.1, 0.15) is 30.4 Å². The van der Waals surface area contributed by atoms with Gasteiger partial charge in [-0.05, 0) is 80.5 Å². The Morgan fingerprint density at radius 1 is 1.10 bits per heavy atom. The van der Waals surface area contributed by atoms with E-state index in [1.165, 1.54) is 33.8 Å². The topological polar surface area (TPSA) is 81.1 Å². The van der Waals surface area contributed by atoms with Crippen LogP contribution in [0.5, 0.6) is 0 Å². The second-order valence-electron chi connectivity index (χ2n) is 7.44. The van der Waals surface area contributed by atoms with E-state index in [0.29, 0.717) is 5.92 Å². The predicted octanol–water partition coefficient (Wildman–Crippen LogP) is 4.31. The van der Waals surface area contributed by atoms with Crippen molar-refractivity contribution in [3.05, 3.63) is 53.6 Å². The number of anilines is 2. The van der Waals surface area contributed by atoms with Gasteiger partial charge >= 0.3 is 11.9 Å². The summed E-state index contributed by atoms with van der Waals surface area (Å²) in [5.41, 5.74) is 5.69. The summed E-state index contributed by atoms with van der Waals surface area (Å²) in [7, 11) is 6.54. The van der Waals surface area contributed by atoms with Gasteiger partial charge in [-0.2, -0.15) is 0 Å². The summed E-state index contributed by atoms with van der Waals surface area (Å²) in [5.74, 6) is -1.95. The molecule has 6 nitrogen and oxygen atoms in total. The van der Waals surface area contributed by atoms with Crippen molar-refractivity contribution in [1.82, 2.24) is 4.90 Å². The average Bonchev–Trinajstić information content (AvgIpc) is 2.82. The average molecular weight is 431 g/mol. The third-order valence-electron chi connectivity index (χ3n) is 5.04. The van der Waals surface area contributed by atoms with Crippen molar-refractivity contribution in [1.29, 1.82) is 0 Å². The number of carboxylic acid groups (broad SMARTS) is 2. The van der Waals surface area contributed by atoms with Crippen LogP contribution in [-0.4, -0.2) is 60.5 Å². The van der Waals surface area contributed by atoms with E-state index in [0.717, 1.165) is 18.7 Å². The number of thioether (sulfide) groups is 1. The highest BCUT2D eigenvalue weighted by molar-refractivity contribution is 7.99. The Morgan fingerprint density at radius 3 is 2.37 bits per heavy atom. The smallest absolute Gasteiger partial charge is 0.414 e. The zero-order valence-electron chi connectivity index (χ0n) is 18.0. The van der Waals surface area contributed by atoms with E-state index in [1.54, 1.807) is 0 Å². The molecule has 2 aromatic carbocycles. The molecule has 1 aliphatic rings. The number of benzene rings is 2. The zero-order chi connectivity index (χ0) is 22.3. The molecule has 1 heterocycles. The van der Waals surface area contributed by atoms with Crippen LogP contribution in [0.15, 0.2) is 47.4 Å².